The molecule has 0 heterocycles. The predicted molar refractivity (Wildman–Crippen MR) is 68.1 cm³/mol. The van der Waals surface area contributed by atoms with Crippen LogP contribution >= 0.6 is 23.2 Å². The number of rotatable bonds is 2. The summed E-state index contributed by atoms with van der Waals surface area (Å²) >= 11 is 11.7. The summed E-state index contributed by atoms with van der Waals surface area (Å²) < 4.78 is 0. The number of anilines is 1. The lowest BCUT2D eigenvalue weighted by molar-refractivity contribution is 0.0755. The highest BCUT2D eigenvalue weighted by atomic mass is 35.5. The maximum atomic E-state index is 12.0. The molecule has 0 unspecified atom stereocenters. The summed E-state index contributed by atoms with van der Waals surface area (Å²) in [6.07, 6.45) is 0. The van der Waals surface area contributed by atoms with Crippen molar-refractivity contribution in [2.24, 2.45) is 0 Å². The van der Waals surface area contributed by atoms with Crippen molar-refractivity contribution in [1.29, 1.82) is 0 Å². The van der Waals surface area contributed by atoms with E-state index in [1.807, 2.05) is 13.8 Å². The van der Waals surface area contributed by atoms with Gasteiger partial charge in [0.15, 0.2) is 0 Å². The Morgan fingerprint density at radius 2 is 1.94 bits per heavy atom. The van der Waals surface area contributed by atoms with Crippen LogP contribution in [0.1, 0.15) is 24.2 Å². The molecule has 16 heavy (non-hydrogen) atoms. The van der Waals surface area contributed by atoms with Crippen molar-refractivity contribution in [3.8, 4) is 0 Å². The van der Waals surface area contributed by atoms with Crippen LogP contribution in [0.15, 0.2) is 12.1 Å². The van der Waals surface area contributed by atoms with Crippen LogP contribution in [0.2, 0.25) is 10.0 Å². The highest BCUT2D eigenvalue weighted by molar-refractivity contribution is 6.43. The molecular formula is C11H14Cl2N2O. The minimum Gasteiger partial charge on any atom is -0.397 e. The van der Waals surface area contributed by atoms with Crippen molar-refractivity contribution >= 4 is 34.8 Å². The number of benzene rings is 1. The Morgan fingerprint density at radius 1 is 1.38 bits per heavy atom. The monoisotopic (exact) mass is 260 g/mol. The molecule has 0 saturated heterocycles. The molecule has 1 aromatic carbocycles. The number of hydrogen-bond acceptors (Lipinski definition) is 2. The molecule has 1 amide bonds. The number of hydrogen-bond donors (Lipinski definition) is 1. The normalized spacial score (nSPS) is 10.6. The number of halogens is 2. The molecule has 0 aliphatic heterocycles. The van der Waals surface area contributed by atoms with E-state index in [0.717, 1.165) is 0 Å². The van der Waals surface area contributed by atoms with Gasteiger partial charge < -0.3 is 10.6 Å². The van der Waals surface area contributed by atoms with E-state index in [2.05, 4.69) is 0 Å². The molecule has 88 valence electrons. The third-order valence-corrected chi connectivity index (χ3v) is 3.21. The summed E-state index contributed by atoms with van der Waals surface area (Å²) in [5.74, 6) is -0.125. The van der Waals surface area contributed by atoms with E-state index in [0.29, 0.717) is 16.3 Å². The average Bonchev–Trinajstić information content (AvgIpc) is 2.22. The molecule has 0 fully saturated rings. The first-order valence-corrected chi connectivity index (χ1v) is 5.62. The summed E-state index contributed by atoms with van der Waals surface area (Å²) in [7, 11) is 1.73. The predicted octanol–water partition coefficient (Wildman–Crippen LogP) is 3.06. The summed E-state index contributed by atoms with van der Waals surface area (Å²) in [6, 6.07) is 3.18. The lowest BCUT2D eigenvalue weighted by Crippen LogP contribution is -2.33. The molecule has 3 nitrogen and oxygen atoms in total. The number of carbonyl (C=O) groups is 1. The van der Waals surface area contributed by atoms with Crippen molar-refractivity contribution in [1.82, 2.24) is 4.90 Å². The molecule has 2 N–H and O–H groups in total. The molecule has 1 aromatic rings. The van der Waals surface area contributed by atoms with Crippen LogP contribution in [0.5, 0.6) is 0 Å². The van der Waals surface area contributed by atoms with Crippen LogP contribution in [-0.2, 0) is 0 Å². The second-order valence-electron chi connectivity index (χ2n) is 3.87. The van der Waals surface area contributed by atoms with E-state index in [1.165, 1.54) is 12.1 Å². The van der Waals surface area contributed by atoms with Crippen LogP contribution in [0.3, 0.4) is 0 Å². The SMILES string of the molecule is CC(C)N(C)C(=O)c1cc(N)c(Cl)c(Cl)c1. The van der Waals surface area contributed by atoms with Gasteiger partial charge in [0.25, 0.3) is 5.91 Å². The molecule has 1 rings (SSSR count). The van der Waals surface area contributed by atoms with Gasteiger partial charge in [0.05, 0.1) is 15.7 Å². The smallest absolute Gasteiger partial charge is 0.253 e. The fourth-order valence-electron chi connectivity index (χ4n) is 1.17. The van der Waals surface area contributed by atoms with Crippen LogP contribution < -0.4 is 5.73 Å². The topological polar surface area (TPSA) is 46.3 Å². The van der Waals surface area contributed by atoms with Crippen LogP contribution in [0.25, 0.3) is 0 Å². The Kier molecular flexibility index (Phi) is 4.05. The molecular weight excluding hydrogens is 247 g/mol. The highest BCUT2D eigenvalue weighted by Gasteiger charge is 2.16. The lowest BCUT2D eigenvalue weighted by atomic mass is 10.1. The number of nitrogens with zero attached hydrogens (tertiary/aromatic N) is 1. The molecule has 0 radical (unpaired) electrons. The van der Waals surface area contributed by atoms with Crippen molar-refractivity contribution in [3.05, 3.63) is 27.7 Å². The van der Waals surface area contributed by atoms with E-state index in [9.17, 15) is 4.79 Å². The van der Waals surface area contributed by atoms with Gasteiger partial charge in [0, 0.05) is 18.7 Å². The second-order valence-corrected chi connectivity index (χ2v) is 4.66. The van der Waals surface area contributed by atoms with Gasteiger partial charge in [-0.2, -0.15) is 0 Å². The third-order valence-electron chi connectivity index (χ3n) is 2.40. The summed E-state index contributed by atoms with van der Waals surface area (Å²) in [6.45, 7) is 3.86. The molecule has 0 aromatic heterocycles. The zero-order chi connectivity index (χ0) is 12.5. The fraction of sp³-hybridized carbons (Fsp3) is 0.364. The molecule has 0 atom stereocenters. The van der Waals surface area contributed by atoms with Gasteiger partial charge in [-0.1, -0.05) is 23.2 Å². The Morgan fingerprint density at radius 3 is 2.38 bits per heavy atom. The Balaban J connectivity index is 3.11. The van der Waals surface area contributed by atoms with Crippen molar-refractivity contribution < 1.29 is 4.79 Å². The van der Waals surface area contributed by atoms with E-state index in [1.54, 1.807) is 11.9 Å². The minimum absolute atomic E-state index is 0.114. The molecule has 0 spiro atoms. The van der Waals surface area contributed by atoms with E-state index in [-0.39, 0.29) is 17.0 Å². The second kappa shape index (κ2) is 4.93. The number of nitrogen functional groups attached to an aromatic ring is 1. The average molecular weight is 261 g/mol. The maximum absolute atomic E-state index is 12.0. The van der Waals surface area contributed by atoms with Gasteiger partial charge in [0.2, 0.25) is 0 Å². The van der Waals surface area contributed by atoms with Crippen molar-refractivity contribution in [2.45, 2.75) is 19.9 Å². The van der Waals surface area contributed by atoms with Gasteiger partial charge in [-0.25, -0.2) is 0 Å². The van der Waals surface area contributed by atoms with Crippen LogP contribution in [0, 0.1) is 0 Å². The maximum Gasteiger partial charge on any atom is 0.253 e. The molecule has 0 aliphatic rings. The van der Waals surface area contributed by atoms with E-state index in [4.69, 9.17) is 28.9 Å². The number of amides is 1. The Bertz CT molecular complexity index is 395. The van der Waals surface area contributed by atoms with Gasteiger partial charge in [-0.3, -0.25) is 4.79 Å². The van der Waals surface area contributed by atoms with Crippen molar-refractivity contribution in [2.75, 3.05) is 12.8 Å². The van der Waals surface area contributed by atoms with Crippen LogP contribution in [0.4, 0.5) is 5.69 Å². The first-order chi connectivity index (χ1) is 7.34. The number of nitrogens with two attached hydrogens (primary N) is 1. The Labute approximate surface area is 105 Å². The third kappa shape index (κ3) is 2.60. The van der Waals surface area contributed by atoms with Gasteiger partial charge in [0.1, 0.15) is 0 Å². The largest absolute Gasteiger partial charge is 0.397 e. The zero-order valence-electron chi connectivity index (χ0n) is 9.42. The molecule has 0 aliphatic carbocycles. The summed E-state index contributed by atoms with van der Waals surface area (Å²) in [4.78, 5) is 13.6. The quantitative estimate of drug-likeness (QED) is 0.831. The first-order valence-electron chi connectivity index (χ1n) is 4.86. The van der Waals surface area contributed by atoms with E-state index < -0.39 is 0 Å². The summed E-state index contributed by atoms with van der Waals surface area (Å²) in [5, 5.41) is 0.576. The van der Waals surface area contributed by atoms with Gasteiger partial charge in [-0.05, 0) is 26.0 Å². The number of carbonyl (C=O) groups excluding carboxylic acids is 1. The van der Waals surface area contributed by atoms with Gasteiger partial charge in [-0.15, -0.1) is 0 Å². The zero-order valence-corrected chi connectivity index (χ0v) is 10.9. The van der Waals surface area contributed by atoms with Crippen molar-refractivity contribution in [3.63, 3.8) is 0 Å². The molecule has 0 bridgehead atoms. The first kappa shape index (κ1) is 13.1. The van der Waals surface area contributed by atoms with Gasteiger partial charge >= 0.3 is 0 Å². The molecule has 5 heteroatoms. The lowest BCUT2D eigenvalue weighted by Gasteiger charge is -2.21. The Hall–Kier alpha value is -0.930. The highest BCUT2D eigenvalue weighted by Crippen LogP contribution is 2.29. The molecule has 0 saturated carbocycles. The minimum atomic E-state index is -0.125. The fourth-order valence-corrected chi connectivity index (χ4v) is 1.51. The standard InChI is InChI=1S/C11H14Cl2N2O/c1-6(2)15(3)11(16)7-4-8(12)10(13)9(14)5-7/h4-6H,14H2,1-3H3. The summed E-state index contributed by atoms with van der Waals surface area (Å²) in [5.41, 5.74) is 6.41. The van der Waals surface area contributed by atoms with Crippen LogP contribution in [-0.4, -0.2) is 23.9 Å². The van der Waals surface area contributed by atoms with E-state index >= 15 is 0 Å².